The van der Waals surface area contributed by atoms with E-state index in [-0.39, 0.29) is 10.6 Å². The maximum absolute atomic E-state index is 11.2. The summed E-state index contributed by atoms with van der Waals surface area (Å²) in [6, 6.07) is 8.06. The van der Waals surface area contributed by atoms with Gasteiger partial charge in [0.05, 0.1) is 14.1 Å². The lowest BCUT2D eigenvalue weighted by molar-refractivity contribution is 0.477. The number of thiazole rings is 1. The lowest BCUT2D eigenvalue weighted by atomic mass is 10.2. The van der Waals surface area contributed by atoms with Crippen molar-refractivity contribution in [2.24, 2.45) is 5.14 Å². The van der Waals surface area contributed by atoms with Crippen LogP contribution in [0.4, 0.5) is 5.13 Å². The first kappa shape index (κ1) is 17.6. The van der Waals surface area contributed by atoms with Crippen LogP contribution in [0.15, 0.2) is 44.2 Å². The van der Waals surface area contributed by atoms with Gasteiger partial charge in [-0.2, -0.15) is 0 Å². The molecule has 3 rings (SSSR count). The number of primary sulfonamides is 1. The molecule has 0 aliphatic rings. The molecule has 10 heteroatoms. The molecule has 2 aromatic carbocycles. The average molecular weight is 493 g/mol. The number of benzene rings is 2. The number of fused-ring (bicyclic) bond motifs is 1. The van der Waals surface area contributed by atoms with Crippen molar-refractivity contribution in [1.29, 1.82) is 0 Å². The fraction of sp³-hybridized carbons (Fsp3) is 0.0714. The summed E-state index contributed by atoms with van der Waals surface area (Å²) in [5, 5.41) is 18.9. The van der Waals surface area contributed by atoms with Crippen molar-refractivity contribution in [3.05, 3.63) is 44.8 Å². The van der Waals surface area contributed by atoms with Crippen LogP contribution in [0.2, 0.25) is 0 Å². The van der Waals surface area contributed by atoms with E-state index in [1.807, 2.05) is 0 Å². The normalized spacial score (nSPS) is 11.8. The van der Waals surface area contributed by atoms with Gasteiger partial charge in [-0.15, -0.1) is 0 Å². The van der Waals surface area contributed by atoms with Gasteiger partial charge in [0.1, 0.15) is 5.52 Å². The Balaban J connectivity index is 1.81. The third-order valence-electron chi connectivity index (χ3n) is 3.24. The minimum absolute atomic E-state index is 0.0740. The van der Waals surface area contributed by atoms with Gasteiger partial charge in [-0.25, -0.2) is 18.5 Å². The van der Waals surface area contributed by atoms with Crippen LogP contribution in [-0.2, 0) is 16.6 Å². The van der Waals surface area contributed by atoms with E-state index < -0.39 is 10.0 Å². The Morgan fingerprint density at radius 1 is 1.21 bits per heavy atom. The maximum atomic E-state index is 11.2. The van der Waals surface area contributed by atoms with Gasteiger partial charge in [-0.05, 0) is 55.6 Å². The summed E-state index contributed by atoms with van der Waals surface area (Å²) >= 11 is 8.14. The number of aromatic nitrogens is 1. The van der Waals surface area contributed by atoms with Gasteiger partial charge in [0.2, 0.25) is 10.0 Å². The van der Waals surface area contributed by atoms with E-state index in [9.17, 15) is 13.5 Å². The van der Waals surface area contributed by atoms with E-state index in [0.717, 1.165) is 14.7 Å². The largest absolute Gasteiger partial charge is 0.505 e. The van der Waals surface area contributed by atoms with Crippen LogP contribution in [0.3, 0.4) is 0 Å². The fourth-order valence-electron chi connectivity index (χ4n) is 2.05. The van der Waals surface area contributed by atoms with Crippen molar-refractivity contribution < 1.29 is 13.5 Å². The lowest BCUT2D eigenvalue weighted by Gasteiger charge is -2.04. The van der Waals surface area contributed by atoms with Crippen LogP contribution in [0.25, 0.3) is 10.2 Å². The molecule has 0 radical (unpaired) electrons. The van der Waals surface area contributed by atoms with Gasteiger partial charge in [-0.1, -0.05) is 23.5 Å². The van der Waals surface area contributed by atoms with Crippen LogP contribution in [0.5, 0.6) is 5.75 Å². The summed E-state index contributed by atoms with van der Waals surface area (Å²) < 4.78 is 24.7. The van der Waals surface area contributed by atoms with Crippen LogP contribution >= 0.6 is 43.2 Å². The molecule has 0 aliphatic heterocycles. The number of nitrogens with two attached hydrogens (primary N) is 1. The van der Waals surface area contributed by atoms with Crippen molar-refractivity contribution >= 4 is 68.6 Å². The second kappa shape index (κ2) is 6.60. The van der Waals surface area contributed by atoms with E-state index in [2.05, 4.69) is 42.2 Å². The Kier molecular flexibility index (Phi) is 4.85. The molecule has 0 bridgehead atoms. The van der Waals surface area contributed by atoms with E-state index in [0.29, 0.717) is 21.7 Å². The Bertz CT molecular complexity index is 1020. The lowest BCUT2D eigenvalue weighted by Crippen LogP contribution is -2.12. The van der Waals surface area contributed by atoms with Crippen molar-refractivity contribution in [2.45, 2.75) is 11.4 Å². The summed E-state index contributed by atoms with van der Waals surface area (Å²) in [4.78, 5) is 4.46. The molecule has 4 N–H and O–H groups in total. The molecule has 0 saturated carbocycles. The van der Waals surface area contributed by atoms with Crippen molar-refractivity contribution in [1.82, 2.24) is 4.98 Å². The van der Waals surface area contributed by atoms with Gasteiger partial charge in [0.15, 0.2) is 10.9 Å². The number of nitrogens with zero attached hydrogens (tertiary/aromatic N) is 1. The standard InChI is InChI=1S/C14H11Br2N3O3S2/c15-9-5-10(16)13-11(12(9)20)19-14(23-13)18-6-7-1-3-8(4-2-7)24(17,21)22/h1-5,20H,6H2,(H,18,19)(H2,17,21,22). The number of sulfonamides is 1. The zero-order valence-corrected chi connectivity index (χ0v) is 16.8. The molecule has 0 spiro atoms. The number of nitrogens with one attached hydrogen (secondary N) is 1. The third-order valence-corrected chi connectivity index (χ3v) is 6.71. The summed E-state index contributed by atoms with van der Waals surface area (Å²) in [6.45, 7) is 0.463. The van der Waals surface area contributed by atoms with Gasteiger partial charge in [-0.3, -0.25) is 0 Å². The highest BCUT2D eigenvalue weighted by molar-refractivity contribution is 9.11. The number of aromatic hydroxyl groups is 1. The van der Waals surface area contributed by atoms with Crippen molar-refractivity contribution in [3.63, 3.8) is 0 Å². The maximum Gasteiger partial charge on any atom is 0.238 e. The topological polar surface area (TPSA) is 105 Å². The Hall–Kier alpha value is -1.20. The Morgan fingerprint density at radius 3 is 2.50 bits per heavy atom. The molecular weight excluding hydrogens is 482 g/mol. The van der Waals surface area contributed by atoms with E-state index in [1.165, 1.54) is 23.5 Å². The van der Waals surface area contributed by atoms with Gasteiger partial charge >= 0.3 is 0 Å². The first-order valence-corrected chi connectivity index (χ1v) is 10.5. The smallest absolute Gasteiger partial charge is 0.238 e. The third kappa shape index (κ3) is 3.57. The Labute approximate surface area is 159 Å². The van der Waals surface area contributed by atoms with Crippen LogP contribution in [-0.4, -0.2) is 18.5 Å². The van der Waals surface area contributed by atoms with Crippen molar-refractivity contribution in [2.75, 3.05) is 5.32 Å². The van der Waals surface area contributed by atoms with Crippen molar-refractivity contribution in [3.8, 4) is 5.75 Å². The summed E-state index contributed by atoms with van der Waals surface area (Å²) in [5.41, 5.74) is 1.39. The average Bonchev–Trinajstić information content (AvgIpc) is 2.95. The van der Waals surface area contributed by atoms with Gasteiger partial charge in [0.25, 0.3) is 0 Å². The summed E-state index contributed by atoms with van der Waals surface area (Å²) in [7, 11) is -3.69. The summed E-state index contributed by atoms with van der Waals surface area (Å²) in [6.07, 6.45) is 0. The monoisotopic (exact) mass is 491 g/mol. The molecule has 0 atom stereocenters. The first-order valence-electron chi connectivity index (χ1n) is 6.59. The molecule has 0 aliphatic carbocycles. The highest BCUT2D eigenvalue weighted by atomic mass is 79.9. The SMILES string of the molecule is NS(=O)(=O)c1ccc(CNc2nc3c(O)c(Br)cc(Br)c3s2)cc1. The highest BCUT2D eigenvalue weighted by Crippen LogP contribution is 2.41. The minimum Gasteiger partial charge on any atom is -0.505 e. The number of rotatable bonds is 4. The molecule has 0 unspecified atom stereocenters. The first-order chi connectivity index (χ1) is 11.3. The number of phenols is 1. The Morgan fingerprint density at radius 2 is 1.88 bits per heavy atom. The number of phenolic OH excluding ortho intramolecular Hbond substituents is 1. The molecule has 0 saturated heterocycles. The highest BCUT2D eigenvalue weighted by Gasteiger charge is 2.14. The van der Waals surface area contributed by atoms with E-state index in [1.54, 1.807) is 18.2 Å². The molecular formula is C14H11Br2N3O3S2. The second-order valence-electron chi connectivity index (χ2n) is 4.93. The number of hydrogen-bond acceptors (Lipinski definition) is 6. The molecule has 126 valence electrons. The fourth-order valence-corrected chi connectivity index (χ4v) is 4.82. The molecule has 1 aromatic heterocycles. The number of hydrogen-bond donors (Lipinski definition) is 3. The zero-order chi connectivity index (χ0) is 17.5. The van der Waals surface area contributed by atoms with Gasteiger partial charge < -0.3 is 10.4 Å². The van der Waals surface area contributed by atoms with E-state index in [4.69, 9.17) is 5.14 Å². The molecule has 1 heterocycles. The molecule has 0 amide bonds. The zero-order valence-electron chi connectivity index (χ0n) is 12.0. The molecule has 6 nitrogen and oxygen atoms in total. The molecule has 0 fully saturated rings. The molecule has 24 heavy (non-hydrogen) atoms. The number of halogens is 2. The number of anilines is 1. The molecule has 3 aromatic rings. The van der Waals surface area contributed by atoms with Crippen LogP contribution in [0, 0.1) is 0 Å². The van der Waals surface area contributed by atoms with Gasteiger partial charge in [0, 0.05) is 11.0 Å². The van der Waals surface area contributed by atoms with Crippen LogP contribution in [0.1, 0.15) is 5.56 Å². The van der Waals surface area contributed by atoms with E-state index >= 15 is 0 Å². The predicted octanol–water partition coefficient (Wildman–Crippen LogP) is 3.79. The second-order valence-corrected chi connectivity index (χ2v) is 9.20. The minimum atomic E-state index is -3.69. The van der Waals surface area contributed by atoms with Crippen LogP contribution < -0.4 is 10.5 Å². The summed E-state index contributed by atoms with van der Waals surface area (Å²) in [5.74, 6) is 0.0926. The quantitative estimate of drug-likeness (QED) is 0.513. The predicted molar refractivity (Wildman–Crippen MR) is 102 cm³/mol.